The van der Waals surface area contributed by atoms with E-state index in [2.05, 4.69) is 10.3 Å². The van der Waals surface area contributed by atoms with Crippen molar-refractivity contribution in [2.24, 2.45) is 10.7 Å². The van der Waals surface area contributed by atoms with Crippen LogP contribution in [0.2, 0.25) is 0 Å². The molecular formula is C22H34FIN4O2. The van der Waals surface area contributed by atoms with Crippen LogP contribution in [-0.4, -0.2) is 49.2 Å². The van der Waals surface area contributed by atoms with E-state index >= 15 is 0 Å². The van der Waals surface area contributed by atoms with E-state index in [0.717, 1.165) is 44.1 Å². The van der Waals surface area contributed by atoms with Gasteiger partial charge in [0, 0.05) is 24.5 Å². The summed E-state index contributed by atoms with van der Waals surface area (Å²) in [7, 11) is 0. The van der Waals surface area contributed by atoms with Crippen LogP contribution >= 0.6 is 24.0 Å². The van der Waals surface area contributed by atoms with E-state index < -0.39 is 0 Å². The summed E-state index contributed by atoms with van der Waals surface area (Å²) in [6, 6.07) is 7.07. The number of aliphatic imine (C=N–C) groups is 1. The lowest BCUT2D eigenvalue weighted by Gasteiger charge is -2.37. The third-order valence-corrected chi connectivity index (χ3v) is 6.19. The molecule has 2 aliphatic rings. The number of nitrogens with one attached hydrogen (secondary N) is 1. The summed E-state index contributed by atoms with van der Waals surface area (Å²) in [5, 5.41) is 3.32. The molecule has 0 spiro atoms. The summed E-state index contributed by atoms with van der Waals surface area (Å²) in [5.74, 6) is 0.241. The molecule has 3 N–H and O–H groups in total. The largest absolute Gasteiger partial charge is 0.450 e. The van der Waals surface area contributed by atoms with E-state index in [1.54, 1.807) is 4.90 Å². The molecule has 1 aromatic carbocycles. The fourth-order valence-electron chi connectivity index (χ4n) is 4.48. The zero-order valence-corrected chi connectivity index (χ0v) is 20.1. The normalized spacial score (nSPS) is 19.7. The van der Waals surface area contributed by atoms with Crippen LogP contribution in [0.25, 0.3) is 0 Å². The Kier molecular flexibility index (Phi) is 9.64. The highest BCUT2D eigenvalue weighted by Crippen LogP contribution is 2.39. The molecule has 168 valence electrons. The van der Waals surface area contributed by atoms with Gasteiger partial charge in [-0.3, -0.25) is 4.99 Å². The predicted octanol–water partition coefficient (Wildman–Crippen LogP) is 4.17. The standard InChI is InChI=1S/C22H33FN4O2.HI/c1-2-29-21(28)27-14-10-19(11-15-27)26-20(24)25-16-22(12-4-3-5-13-22)17-6-8-18(23)9-7-17;/h6-9,19H,2-5,10-16H2,1H3,(H3,24,25,26);1H. The van der Waals surface area contributed by atoms with Crippen molar-refractivity contribution in [3.05, 3.63) is 35.6 Å². The van der Waals surface area contributed by atoms with Crippen molar-refractivity contribution in [1.29, 1.82) is 0 Å². The molecule has 1 aliphatic heterocycles. The summed E-state index contributed by atoms with van der Waals surface area (Å²) in [6.07, 6.45) is 7.04. The predicted molar refractivity (Wildman–Crippen MR) is 128 cm³/mol. The van der Waals surface area contributed by atoms with E-state index in [-0.39, 0.29) is 47.3 Å². The fraction of sp³-hybridized carbons (Fsp3) is 0.636. The average Bonchev–Trinajstić information content (AvgIpc) is 2.74. The molecule has 1 aliphatic carbocycles. The second kappa shape index (κ2) is 11.7. The lowest BCUT2D eigenvalue weighted by atomic mass is 9.69. The molecule has 0 aromatic heterocycles. The maximum Gasteiger partial charge on any atom is 0.409 e. The van der Waals surface area contributed by atoms with E-state index in [1.165, 1.54) is 18.6 Å². The van der Waals surface area contributed by atoms with E-state index in [1.807, 2.05) is 19.1 Å². The minimum Gasteiger partial charge on any atom is -0.450 e. The highest BCUT2D eigenvalue weighted by Gasteiger charge is 2.34. The number of piperidine rings is 1. The summed E-state index contributed by atoms with van der Waals surface area (Å²) < 4.78 is 18.4. The minimum absolute atomic E-state index is 0. The van der Waals surface area contributed by atoms with Crippen molar-refractivity contribution in [1.82, 2.24) is 10.2 Å². The van der Waals surface area contributed by atoms with Crippen LogP contribution in [0, 0.1) is 5.82 Å². The van der Waals surface area contributed by atoms with Gasteiger partial charge in [0.1, 0.15) is 5.82 Å². The first-order valence-corrected chi connectivity index (χ1v) is 10.8. The molecule has 0 atom stereocenters. The number of rotatable bonds is 5. The minimum atomic E-state index is -0.244. The molecule has 1 saturated carbocycles. The van der Waals surface area contributed by atoms with Gasteiger partial charge >= 0.3 is 6.09 Å². The number of nitrogens with two attached hydrogens (primary N) is 1. The first-order valence-electron chi connectivity index (χ1n) is 10.8. The van der Waals surface area contributed by atoms with Gasteiger partial charge in [-0.25, -0.2) is 9.18 Å². The monoisotopic (exact) mass is 532 g/mol. The van der Waals surface area contributed by atoms with Crippen LogP contribution in [0.4, 0.5) is 9.18 Å². The molecule has 3 rings (SSSR count). The van der Waals surface area contributed by atoms with Crippen LogP contribution in [0.5, 0.6) is 0 Å². The quantitative estimate of drug-likeness (QED) is 0.339. The molecule has 8 heteroatoms. The maximum absolute atomic E-state index is 13.4. The highest BCUT2D eigenvalue weighted by atomic mass is 127. The first kappa shape index (κ1) is 24.7. The van der Waals surface area contributed by atoms with Gasteiger partial charge < -0.3 is 20.7 Å². The van der Waals surface area contributed by atoms with Gasteiger partial charge in [0.05, 0.1) is 13.2 Å². The zero-order chi connectivity index (χ0) is 20.7. The van der Waals surface area contributed by atoms with Crippen LogP contribution in [0.3, 0.4) is 0 Å². The number of benzene rings is 1. The second-order valence-corrected chi connectivity index (χ2v) is 8.15. The number of carbonyl (C=O) groups is 1. The van der Waals surface area contributed by atoms with Crippen LogP contribution < -0.4 is 11.1 Å². The molecular weight excluding hydrogens is 498 g/mol. The van der Waals surface area contributed by atoms with Gasteiger partial charge in [-0.05, 0) is 50.3 Å². The third kappa shape index (κ3) is 6.46. The van der Waals surface area contributed by atoms with Gasteiger partial charge in [0.2, 0.25) is 0 Å². The maximum atomic E-state index is 13.4. The van der Waals surface area contributed by atoms with Gasteiger partial charge in [-0.2, -0.15) is 0 Å². The van der Waals surface area contributed by atoms with E-state index in [4.69, 9.17) is 10.5 Å². The number of amides is 1. The van der Waals surface area contributed by atoms with Crippen LogP contribution in [-0.2, 0) is 10.2 Å². The number of nitrogens with zero attached hydrogens (tertiary/aromatic N) is 2. The molecule has 2 fully saturated rings. The van der Waals surface area contributed by atoms with E-state index in [0.29, 0.717) is 32.2 Å². The van der Waals surface area contributed by atoms with Crippen molar-refractivity contribution < 1.29 is 13.9 Å². The number of hydrogen-bond acceptors (Lipinski definition) is 3. The molecule has 6 nitrogen and oxygen atoms in total. The first-order chi connectivity index (χ1) is 14.0. The number of ether oxygens (including phenoxy) is 1. The molecule has 0 radical (unpaired) electrons. The highest BCUT2D eigenvalue weighted by molar-refractivity contribution is 14.0. The SMILES string of the molecule is CCOC(=O)N1CCC(NC(N)=NCC2(c3ccc(F)cc3)CCCCC2)CC1.I. The lowest BCUT2D eigenvalue weighted by molar-refractivity contribution is 0.0963. The molecule has 1 heterocycles. The average molecular weight is 532 g/mol. The Morgan fingerprint density at radius 3 is 2.47 bits per heavy atom. The van der Waals surface area contributed by atoms with Crippen molar-refractivity contribution in [3.63, 3.8) is 0 Å². The summed E-state index contributed by atoms with van der Waals surface area (Å²) in [6.45, 7) is 4.13. The Labute approximate surface area is 195 Å². The molecule has 0 unspecified atom stereocenters. The molecule has 1 saturated heterocycles. The van der Waals surface area contributed by atoms with Crippen molar-refractivity contribution >= 4 is 36.0 Å². The van der Waals surface area contributed by atoms with E-state index in [9.17, 15) is 9.18 Å². The van der Waals surface area contributed by atoms with Crippen molar-refractivity contribution in [2.45, 2.75) is 63.3 Å². The Morgan fingerprint density at radius 1 is 1.23 bits per heavy atom. The van der Waals surface area contributed by atoms with Gasteiger partial charge in [0.25, 0.3) is 0 Å². The Morgan fingerprint density at radius 2 is 1.87 bits per heavy atom. The Hall–Kier alpha value is -1.58. The van der Waals surface area contributed by atoms with Gasteiger partial charge in [-0.1, -0.05) is 31.4 Å². The fourth-order valence-corrected chi connectivity index (χ4v) is 4.48. The Bertz CT molecular complexity index is 700. The summed E-state index contributed by atoms with van der Waals surface area (Å²) >= 11 is 0. The second-order valence-electron chi connectivity index (χ2n) is 8.15. The van der Waals surface area contributed by atoms with Crippen LogP contribution in [0.1, 0.15) is 57.4 Å². The number of hydrogen-bond donors (Lipinski definition) is 2. The topological polar surface area (TPSA) is 80.0 Å². The number of likely N-dealkylation sites (tertiary alicyclic amines) is 1. The lowest BCUT2D eigenvalue weighted by Crippen LogP contribution is -2.49. The number of halogens is 2. The zero-order valence-electron chi connectivity index (χ0n) is 17.7. The molecule has 0 bridgehead atoms. The van der Waals surface area contributed by atoms with Crippen LogP contribution in [0.15, 0.2) is 29.3 Å². The molecule has 30 heavy (non-hydrogen) atoms. The third-order valence-electron chi connectivity index (χ3n) is 6.19. The van der Waals surface area contributed by atoms with Gasteiger partial charge in [0.15, 0.2) is 5.96 Å². The molecule has 1 amide bonds. The Balaban J connectivity index is 0.00000320. The van der Waals surface area contributed by atoms with Crippen molar-refractivity contribution in [3.8, 4) is 0 Å². The van der Waals surface area contributed by atoms with Crippen molar-refractivity contribution in [2.75, 3.05) is 26.2 Å². The summed E-state index contributed by atoms with van der Waals surface area (Å²) in [4.78, 5) is 18.2. The number of guanidine groups is 1. The number of carbonyl (C=O) groups excluding carboxylic acids is 1. The summed E-state index contributed by atoms with van der Waals surface area (Å²) in [5.41, 5.74) is 7.29. The molecule has 1 aromatic rings. The smallest absolute Gasteiger partial charge is 0.409 e. The van der Waals surface area contributed by atoms with Gasteiger partial charge in [-0.15, -0.1) is 24.0 Å².